The van der Waals surface area contributed by atoms with Gasteiger partial charge in [-0.15, -0.1) is 0 Å². The van der Waals surface area contributed by atoms with Gasteiger partial charge < -0.3 is 21.5 Å². The van der Waals surface area contributed by atoms with E-state index in [1.54, 1.807) is 36.4 Å². The Kier molecular flexibility index (Phi) is 7.62. The number of rotatable bonds is 7. The first kappa shape index (κ1) is 25.0. The van der Waals surface area contributed by atoms with Crippen LogP contribution in [0.3, 0.4) is 0 Å². The van der Waals surface area contributed by atoms with Gasteiger partial charge in [0.25, 0.3) is 0 Å². The fourth-order valence-corrected chi connectivity index (χ4v) is 4.79. The van der Waals surface area contributed by atoms with E-state index in [-0.39, 0.29) is 6.04 Å². The number of nitrogens with two attached hydrogens (primary N) is 2. The molecule has 0 radical (unpaired) electrons. The van der Waals surface area contributed by atoms with Crippen LogP contribution in [0, 0.1) is 0 Å². The molecule has 1 heterocycles. The number of anilines is 1. The van der Waals surface area contributed by atoms with Crippen molar-refractivity contribution >= 4 is 40.7 Å². The molecule has 3 aromatic carbocycles. The monoisotopic (exact) mass is 512 g/mol. The molecule has 2 atom stereocenters. The van der Waals surface area contributed by atoms with Crippen LogP contribution in [-0.4, -0.2) is 48.0 Å². The highest BCUT2D eigenvalue weighted by Gasteiger charge is 2.31. The SMILES string of the molecule is NC(=O)c1ccc([C@H](O)CN2CCN(c3ccc(C(N)=O)cc3Cl)[C@H](c3ccc(Cl)cc3)C2)cc1. The van der Waals surface area contributed by atoms with E-state index in [4.69, 9.17) is 34.7 Å². The number of nitrogens with zero attached hydrogens (tertiary/aromatic N) is 2. The number of aliphatic hydroxyl groups excluding tert-OH is 1. The molecule has 0 spiro atoms. The van der Waals surface area contributed by atoms with Crippen LogP contribution in [0.15, 0.2) is 66.7 Å². The Morgan fingerprint density at radius 2 is 1.54 bits per heavy atom. The summed E-state index contributed by atoms with van der Waals surface area (Å²) in [4.78, 5) is 27.3. The van der Waals surface area contributed by atoms with E-state index < -0.39 is 17.9 Å². The fourth-order valence-electron chi connectivity index (χ4n) is 4.38. The highest BCUT2D eigenvalue weighted by Crippen LogP contribution is 2.36. The topological polar surface area (TPSA) is 113 Å². The maximum absolute atomic E-state index is 11.6. The van der Waals surface area contributed by atoms with Crippen LogP contribution in [0.1, 0.15) is 44.0 Å². The van der Waals surface area contributed by atoms with Crippen molar-refractivity contribution in [1.82, 2.24) is 4.90 Å². The van der Waals surface area contributed by atoms with Crippen LogP contribution in [-0.2, 0) is 0 Å². The van der Waals surface area contributed by atoms with E-state index >= 15 is 0 Å². The number of halogens is 2. The van der Waals surface area contributed by atoms with Gasteiger partial charge in [0.15, 0.2) is 0 Å². The minimum absolute atomic E-state index is 0.0672. The van der Waals surface area contributed by atoms with Gasteiger partial charge in [0.1, 0.15) is 0 Å². The molecule has 182 valence electrons. The Morgan fingerprint density at radius 3 is 2.14 bits per heavy atom. The van der Waals surface area contributed by atoms with Gasteiger partial charge in [0.2, 0.25) is 11.8 Å². The standard InChI is InChI=1S/C26H26Cl2N4O3/c27-20-8-5-16(6-9-20)23-14-31(15-24(33)17-1-3-18(4-2-17)25(29)34)11-12-32(23)22-10-7-19(26(30)35)13-21(22)28/h1-10,13,23-24,33H,11-12,14-15H2,(H2,29,34)(H2,30,35)/t23-,24+/m0/s1. The summed E-state index contributed by atoms with van der Waals surface area (Å²) in [7, 11) is 0. The third-order valence-corrected chi connectivity index (χ3v) is 6.83. The summed E-state index contributed by atoms with van der Waals surface area (Å²) in [5.74, 6) is -1.04. The van der Waals surface area contributed by atoms with Gasteiger partial charge in [-0.2, -0.15) is 0 Å². The summed E-state index contributed by atoms with van der Waals surface area (Å²) in [6, 6.07) is 19.3. The lowest BCUT2D eigenvalue weighted by atomic mass is 9.99. The number of amides is 2. The quantitative estimate of drug-likeness (QED) is 0.445. The maximum atomic E-state index is 11.6. The van der Waals surface area contributed by atoms with Crippen LogP contribution in [0.2, 0.25) is 10.0 Å². The second-order valence-electron chi connectivity index (χ2n) is 8.55. The molecule has 1 aliphatic rings. The van der Waals surface area contributed by atoms with Crippen LogP contribution < -0.4 is 16.4 Å². The van der Waals surface area contributed by atoms with Crippen molar-refractivity contribution in [2.24, 2.45) is 11.5 Å². The fraction of sp³-hybridized carbons (Fsp3) is 0.231. The van der Waals surface area contributed by atoms with Crippen molar-refractivity contribution in [1.29, 1.82) is 0 Å². The molecule has 3 aromatic rings. The van der Waals surface area contributed by atoms with E-state index in [1.165, 1.54) is 0 Å². The van der Waals surface area contributed by atoms with E-state index in [0.717, 1.165) is 11.3 Å². The number of β-amino-alcohol motifs (C(OH)–C–C–N with tert-alkyl or cyclic N) is 1. The summed E-state index contributed by atoms with van der Waals surface area (Å²) in [6.45, 7) is 2.39. The highest BCUT2D eigenvalue weighted by molar-refractivity contribution is 6.33. The zero-order valence-corrected chi connectivity index (χ0v) is 20.4. The molecule has 1 fully saturated rings. The van der Waals surface area contributed by atoms with E-state index in [0.29, 0.717) is 52.9 Å². The third kappa shape index (κ3) is 5.77. The Balaban J connectivity index is 1.57. The molecule has 35 heavy (non-hydrogen) atoms. The summed E-state index contributed by atoms with van der Waals surface area (Å²) >= 11 is 12.7. The molecule has 4 rings (SSSR count). The molecule has 7 nitrogen and oxygen atoms in total. The van der Waals surface area contributed by atoms with E-state index in [1.807, 2.05) is 30.3 Å². The van der Waals surface area contributed by atoms with Crippen molar-refractivity contribution < 1.29 is 14.7 Å². The number of hydrogen-bond acceptors (Lipinski definition) is 5. The summed E-state index contributed by atoms with van der Waals surface area (Å²) in [5, 5.41) is 11.9. The van der Waals surface area contributed by atoms with Crippen LogP contribution in [0.5, 0.6) is 0 Å². The maximum Gasteiger partial charge on any atom is 0.248 e. The number of carbonyl (C=O) groups is 2. The Morgan fingerprint density at radius 1 is 0.914 bits per heavy atom. The van der Waals surface area contributed by atoms with Gasteiger partial charge in [0, 0.05) is 42.3 Å². The Bertz CT molecular complexity index is 1220. The first-order chi connectivity index (χ1) is 16.7. The van der Waals surface area contributed by atoms with Crippen LogP contribution >= 0.6 is 23.2 Å². The number of aliphatic hydroxyl groups is 1. The van der Waals surface area contributed by atoms with Crippen molar-refractivity contribution in [3.63, 3.8) is 0 Å². The first-order valence-corrected chi connectivity index (χ1v) is 11.9. The summed E-state index contributed by atoms with van der Waals surface area (Å²) in [5.41, 5.74) is 14.0. The van der Waals surface area contributed by atoms with Gasteiger partial charge in [-0.25, -0.2) is 0 Å². The molecule has 0 aromatic heterocycles. The summed E-state index contributed by atoms with van der Waals surface area (Å²) in [6.07, 6.45) is -0.729. The van der Waals surface area contributed by atoms with E-state index in [9.17, 15) is 14.7 Å². The lowest BCUT2D eigenvalue weighted by molar-refractivity contribution is 0.0987. The second kappa shape index (κ2) is 10.7. The molecular formula is C26H26Cl2N4O3. The molecule has 1 aliphatic heterocycles. The summed E-state index contributed by atoms with van der Waals surface area (Å²) < 4.78 is 0. The van der Waals surface area contributed by atoms with Gasteiger partial charge in [0.05, 0.1) is 22.9 Å². The molecule has 0 saturated carbocycles. The minimum atomic E-state index is -0.729. The number of benzene rings is 3. The van der Waals surface area contributed by atoms with Crippen molar-refractivity contribution in [3.05, 3.63) is 99.0 Å². The van der Waals surface area contributed by atoms with Gasteiger partial charge in [-0.1, -0.05) is 47.5 Å². The molecule has 0 unspecified atom stereocenters. The van der Waals surface area contributed by atoms with Gasteiger partial charge in [-0.05, 0) is 53.6 Å². The molecule has 5 N–H and O–H groups in total. The highest BCUT2D eigenvalue weighted by atomic mass is 35.5. The predicted molar refractivity (Wildman–Crippen MR) is 138 cm³/mol. The largest absolute Gasteiger partial charge is 0.387 e. The predicted octanol–water partition coefficient (Wildman–Crippen LogP) is 3.79. The third-order valence-electron chi connectivity index (χ3n) is 6.27. The minimum Gasteiger partial charge on any atom is -0.387 e. The lowest BCUT2D eigenvalue weighted by Crippen LogP contribution is -2.49. The lowest BCUT2D eigenvalue weighted by Gasteiger charge is -2.44. The number of hydrogen-bond donors (Lipinski definition) is 3. The average Bonchev–Trinajstić information content (AvgIpc) is 2.84. The van der Waals surface area contributed by atoms with E-state index in [2.05, 4.69) is 9.80 Å². The van der Waals surface area contributed by atoms with Crippen molar-refractivity contribution in [3.8, 4) is 0 Å². The molecular weight excluding hydrogens is 487 g/mol. The van der Waals surface area contributed by atoms with Crippen molar-refractivity contribution in [2.45, 2.75) is 12.1 Å². The average molecular weight is 513 g/mol. The normalized spacial score (nSPS) is 17.2. The number of carbonyl (C=O) groups excluding carboxylic acids is 2. The van der Waals surface area contributed by atoms with Crippen LogP contribution in [0.4, 0.5) is 5.69 Å². The van der Waals surface area contributed by atoms with Crippen LogP contribution in [0.25, 0.3) is 0 Å². The Hall–Kier alpha value is -3.10. The zero-order chi connectivity index (χ0) is 25.1. The zero-order valence-electron chi connectivity index (χ0n) is 18.9. The smallest absolute Gasteiger partial charge is 0.248 e. The van der Waals surface area contributed by atoms with Gasteiger partial charge in [-0.3, -0.25) is 14.5 Å². The molecule has 2 amide bonds. The molecule has 1 saturated heterocycles. The number of primary amides is 2. The molecule has 0 bridgehead atoms. The molecule has 9 heteroatoms. The number of piperazine rings is 1. The van der Waals surface area contributed by atoms with Gasteiger partial charge >= 0.3 is 0 Å². The second-order valence-corrected chi connectivity index (χ2v) is 9.40. The first-order valence-electron chi connectivity index (χ1n) is 11.1. The Labute approximate surface area is 213 Å². The van der Waals surface area contributed by atoms with Crippen molar-refractivity contribution in [2.75, 3.05) is 31.1 Å². The molecule has 0 aliphatic carbocycles.